The molecule has 1 heterocycles. The fourth-order valence-electron chi connectivity index (χ4n) is 2.47. The van der Waals surface area contributed by atoms with E-state index in [0.29, 0.717) is 0 Å². The Labute approximate surface area is 119 Å². The average Bonchev–Trinajstić information content (AvgIpc) is 2.50. The topological polar surface area (TPSA) is 32.7 Å². The van der Waals surface area contributed by atoms with Crippen molar-refractivity contribution in [3.8, 4) is 11.5 Å². The molecule has 1 aliphatic rings. The largest absolute Gasteiger partial charge is 0.457 e. The average molecular weight is 269 g/mol. The summed E-state index contributed by atoms with van der Waals surface area (Å²) in [5.74, 6) is 1.69. The minimum Gasteiger partial charge on any atom is -0.457 e. The monoisotopic (exact) mass is 269 g/mol. The van der Waals surface area contributed by atoms with Crippen LogP contribution >= 0.6 is 0 Å². The zero-order valence-electron chi connectivity index (χ0n) is 11.4. The Hall–Kier alpha value is -2.00. The standard InChI is InChI=1S/C17H19NO2/c19-15-10-12-18(13-11-15)14-6-8-17(9-7-14)20-16-4-2-1-3-5-16/h1-9,15,19H,10-13H2. The minimum absolute atomic E-state index is 0.132. The smallest absolute Gasteiger partial charge is 0.127 e. The van der Waals surface area contributed by atoms with E-state index in [1.165, 1.54) is 5.69 Å². The molecule has 0 saturated carbocycles. The molecule has 20 heavy (non-hydrogen) atoms. The molecule has 2 aromatic carbocycles. The zero-order valence-corrected chi connectivity index (χ0v) is 11.4. The molecule has 3 rings (SSSR count). The minimum atomic E-state index is -0.132. The van der Waals surface area contributed by atoms with Crippen LogP contribution in [0.3, 0.4) is 0 Å². The van der Waals surface area contributed by atoms with Gasteiger partial charge in [-0.2, -0.15) is 0 Å². The molecular weight excluding hydrogens is 250 g/mol. The molecule has 2 aromatic rings. The van der Waals surface area contributed by atoms with Gasteiger partial charge in [-0.1, -0.05) is 18.2 Å². The van der Waals surface area contributed by atoms with E-state index in [1.54, 1.807) is 0 Å². The van der Waals surface area contributed by atoms with Crippen molar-refractivity contribution in [3.05, 3.63) is 54.6 Å². The summed E-state index contributed by atoms with van der Waals surface area (Å²) in [5, 5.41) is 9.54. The third-order valence-electron chi connectivity index (χ3n) is 3.65. The van der Waals surface area contributed by atoms with Crippen LogP contribution in [0.2, 0.25) is 0 Å². The van der Waals surface area contributed by atoms with E-state index in [4.69, 9.17) is 4.74 Å². The van der Waals surface area contributed by atoms with Crippen LogP contribution in [0.15, 0.2) is 54.6 Å². The van der Waals surface area contributed by atoms with Gasteiger partial charge in [-0.25, -0.2) is 0 Å². The molecule has 0 atom stereocenters. The quantitative estimate of drug-likeness (QED) is 0.926. The number of benzene rings is 2. The first-order chi connectivity index (χ1) is 9.81. The van der Waals surface area contributed by atoms with Crippen LogP contribution in [0.4, 0.5) is 5.69 Å². The molecule has 1 aliphatic heterocycles. The van der Waals surface area contributed by atoms with Crippen molar-refractivity contribution in [2.45, 2.75) is 18.9 Å². The van der Waals surface area contributed by atoms with Crippen molar-refractivity contribution < 1.29 is 9.84 Å². The summed E-state index contributed by atoms with van der Waals surface area (Å²) in [7, 11) is 0. The maximum atomic E-state index is 9.54. The maximum absolute atomic E-state index is 9.54. The van der Waals surface area contributed by atoms with Gasteiger partial charge < -0.3 is 14.7 Å². The summed E-state index contributed by atoms with van der Waals surface area (Å²) in [6.07, 6.45) is 1.57. The molecule has 1 N–H and O–H groups in total. The van der Waals surface area contributed by atoms with E-state index in [9.17, 15) is 5.11 Å². The van der Waals surface area contributed by atoms with Crippen LogP contribution in [0.25, 0.3) is 0 Å². The molecule has 3 nitrogen and oxygen atoms in total. The van der Waals surface area contributed by atoms with E-state index in [1.807, 2.05) is 42.5 Å². The lowest BCUT2D eigenvalue weighted by atomic mass is 10.1. The van der Waals surface area contributed by atoms with Gasteiger partial charge >= 0.3 is 0 Å². The molecule has 0 radical (unpaired) electrons. The molecule has 0 amide bonds. The van der Waals surface area contributed by atoms with Gasteiger partial charge in [0.15, 0.2) is 0 Å². The van der Waals surface area contributed by atoms with Crippen LogP contribution in [0.5, 0.6) is 11.5 Å². The van der Waals surface area contributed by atoms with Gasteiger partial charge in [-0.15, -0.1) is 0 Å². The fraction of sp³-hybridized carbons (Fsp3) is 0.294. The third-order valence-corrected chi connectivity index (χ3v) is 3.65. The van der Waals surface area contributed by atoms with Crippen molar-refractivity contribution >= 4 is 5.69 Å². The van der Waals surface area contributed by atoms with E-state index in [2.05, 4.69) is 17.0 Å². The van der Waals surface area contributed by atoms with Crippen LogP contribution in [-0.2, 0) is 0 Å². The predicted octanol–water partition coefficient (Wildman–Crippen LogP) is 3.44. The molecule has 0 aliphatic carbocycles. The van der Waals surface area contributed by atoms with Gasteiger partial charge in [-0.3, -0.25) is 0 Å². The van der Waals surface area contributed by atoms with Gasteiger partial charge in [0, 0.05) is 18.8 Å². The lowest BCUT2D eigenvalue weighted by Crippen LogP contribution is -2.35. The number of ether oxygens (including phenoxy) is 1. The summed E-state index contributed by atoms with van der Waals surface area (Å²) < 4.78 is 5.78. The molecule has 1 fully saturated rings. The Morgan fingerprint density at radius 3 is 2.10 bits per heavy atom. The van der Waals surface area contributed by atoms with Crippen LogP contribution in [0, 0.1) is 0 Å². The second-order valence-corrected chi connectivity index (χ2v) is 5.13. The number of anilines is 1. The Morgan fingerprint density at radius 2 is 1.45 bits per heavy atom. The zero-order chi connectivity index (χ0) is 13.8. The van der Waals surface area contributed by atoms with Gasteiger partial charge in [-0.05, 0) is 49.2 Å². The van der Waals surface area contributed by atoms with Crippen LogP contribution in [-0.4, -0.2) is 24.3 Å². The SMILES string of the molecule is OC1CCN(c2ccc(Oc3ccccc3)cc2)CC1. The Bertz CT molecular complexity index is 531. The van der Waals surface area contributed by atoms with Gasteiger partial charge in [0.25, 0.3) is 0 Å². The van der Waals surface area contributed by atoms with Crippen LogP contribution in [0.1, 0.15) is 12.8 Å². The number of piperidine rings is 1. The third kappa shape index (κ3) is 3.11. The highest BCUT2D eigenvalue weighted by atomic mass is 16.5. The number of rotatable bonds is 3. The molecule has 0 aromatic heterocycles. The van der Waals surface area contributed by atoms with Crippen molar-refractivity contribution in [1.29, 1.82) is 0 Å². The second kappa shape index (κ2) is 5.97. The summed E-state index contributed by atoms with van der Waals surface area (Å²) in [4.78, 5) is 2.30. The highest BCUT2D eigenvalue weighted by molar-refractivity contribution is 5.50. The van der Waals surface area contributed by atoms with E-state index in [0.717, 1.165) is 37.4 Å². The summed E-state index contributed by atoms with van der Waals surface area (Å²) in [6.45, 7) is 1.83. The first-order valence-electron chi connectivity index (χ1n) is 7.07. The van der Waals surface area contributed by atoms with Crippen molar-refractivity contribution in [3.63, 3.8) is 0 Å². The first kappa shape index (κ1) is 13.0. The number of aliphatic hydroxyl groups is 1. The molecule has 1 saturated heterocycles. The molecule has 104 valence electrons. The van der Waals surface area contributed by atoms with Crippen molar-refractivity contribution in [1.82, 2.24) is 0 Å². The molecule has 0 spiro atoms. The maximum Gasteiger partial charge on any atom is 0.127 e. The van der Waals surface area contributed by atoms with E-state index < -0.39 is 0 Å². The van der Waals surface area contributed by atoms with E-state index in [-0.39, 0.29) is 6.10 Å². The van der Waals surface area contributed by atoms with Gasteiger partial charge in [0.1, 0.15) is 11.5 Å². The number of hydrogen-bond acceptors (Lipinski definition) is 3. The van der Waals surface area contributed by atoms with E-state index >= 15 is 0 Å². The normalized spacial score (nSPS) is 16.1. The second-order valence-electron chi connectivity index (χ2n) is 5.13. The number of hydrogen-bond donors (Lipinski definition) is 1. The summed E-state index contributed by atoms with van der Waals surface area (Å²) in [6, 6.07) is 17.9. The molecule has 3 heteroatoms. The number of nitrogens with zero attached hydrogens (tertiary/aromatic N) is 1. The lowest BCUT2D eigenvalue weighted by Gasteiger charge is -2.31. The van der Waals surface area contributed by atoms with Crippen LogP contribution < -0.4 is 9.64 Å². The Kier molecular flexibility index (Phi) is 3.88. The molecule has 0 unspecified atom stereocenters. The summed E-state index contributed by atoms with van der Waals surface area (Å²) in [5.41, 5.74) is 1.19. The number of aliphatic hydroxyl groups excluding tert-OH is 1. The highest BCUT2D eigenvalue weighted by Crippen LogP contribution is 2.25. The highest BCUT2D eigenvalue weighted by Gasteiger charge is 2.16. The lowest BCUT2D eigenvalue weighted by molar-refractivity contribution is 0.145. The summed E-state index contributed by atoms with van der Waals surface area (Å²) >= 11 is 0. The Morgan fingerprint density at radius 1 is 0.850 bits per heavy atom. The molecule has 0 bridgehead atoms. The first-order valence-corrected chi connectivity index (χ1v) is 7.07. The fourth-order valence-corrected chi connectivity index (χ4v) is 2.47. The Balaban J connectivity index is 1.65. The van der Waals surface area contributed by atoms with Gasteiger partial charge in [0.05, 0.1) is 6.10 Å². The van der Waals surface area contributed by atoms with Crippen molar-refractivity contribution in [2.75, 3.05) is 18.0 Å². The molecular formula is C17H19NO2. The number of para-hydroxylation sites is 1. The van der Waals surface area contributed by atoms with Crippen molar-refractivity contribution in [2.24, 2.45) is 0 Å². The van der Waals surface area contributed by atoms with Gasteiger partial charge in [0.2, 0.25) is 0 Å². The predicted molar refractivity (Wildman–Crippen MR) is 80.4 cm³/mol.